The first kappa shape index (κ1) is 12.1. The summed E-state index contributed by atoms with van der Waals surface area (Å²) in [4.78, 5) is 0. The summed E-state index contributed by atoms with van der Waals surface area (Å²) in [5.41, 5.74) is -0.157. The lowest BCUT2D eigenvalue weighted by Gasteiger charge is -2.40. The molecule has 0 unspecified atom stereocenters. The Bertz CT molecular complexity index is 264. The minimum absolute atomic E-state index is 0.157. The van der Waals surface area contributed by atoms with Gasteiger partial charge in [0.1, 0.15) is 31.8 Å². The molecule has 4 heteroatoms. The van der Waals surface area contributed by atoms with Crippen LogP contribution in [0, 0.1) is 5.41 Å². The van der Waals surface area contributed by atoms with Crippen molar-refractivity contribution in [2.45, 2.75) is 26.7 Å². The van der Waals surface area contributed by atoms with E-state index in [1.807, 2.05) is 12.2 Å². The van der Waals surface area contributed by atoms with Gasteiger partial charge in [-0.15, -0.1) is 0 Å². The van der Waals surface area contributed by atoms with Crippen LogP contribution in [0.5, 0.6) is 0 Å². The lowest BCUT2D eigenvalue weighted by Crippen LogP contribution is -2.46. The largest absolute Gasteiger partial charge is 0.465 e. The van der Waals surface area contributed by atoms with E-state index >= 15 is 0 Å². The number of ether oxygens (including phenoxy) is 4. The fourth-order valence-electron chi connectivity index (χ4n) is 1.80. The van der Waals surface area contributed by atoms with Gasteiger partial charge in [-0.05, 0) is 25.0 Å². The number of allylic oxidation sites excluding steroid dienone is 2. The van der Waals surface area contributed by atoms with Gasteiger partial charge in [0.2, 0.25) is 0 Å². The third kappa shape index (κ3) is 2.87. The Morgan fingerprint density at radius 1 is 0.824 bits per heavy atom. The summed E-state index contributed by atoms with van der Waals surface area (Å²) in [6.07, 6.45) is 5.72. The number of hydrogen-bond donors (Lipinski definition) is 0. The molecule has 96 valence electrons. The first-order valence-electron chi connectivity index (χ1n) is 6.19. The van der Waals surface area contributed by atoms with E-state index in [0.717, 1.165) is 12.8 Å². The molecule has 17 heavy (non-hydrogen) atoms. The van der Waals surface area contributed by atoms with Crippen LogP contribution in [0.25, 0.3) is 0 Å². The van der Waals surface area contributed by atoms with E-state index in [2.05, 4.69) is 13.8 Å². The van der Waals surface area contributed by atoms with Gasteiger partial charge in [0, 0.05) is 0 Å². The maximum atomic E-state index is 5.57. The maximum Gasteiger partial charge on any atom is 0.274 e. The van der Waals surface area contributed by atoms with Crippen molar-refractivity contribution in [1.29, 1.82) is 0 Å². The summed E-state index contributed by atoms with van der Waals surface area (Å²) in [6.45, 7) is 6.49. The Morgan fingerprint density at radius 3 is 1.47 bits per heavy atom. The zero-order valence-electron chi connectivity index (χ0n) is 10.5. The van der Waals surface area contributed by atoms with Crippen molar-refractivity contribution < 1.29 is 18.9 Å². The van der Waals surface area contributed by atoms with Crippen LogP contribution in [-0.4, -0.2) is 26.4 Å². The Labute approximate surface area is 102 Å². The van der Waals surface area contributed by atoms with Gasteiger partial charge in [0.15, 0.2) is 0 Å². The predicted octanol–water partition coefficient (Wildman–Crippen LogP) is 2.57. The molecule has 0 saturated carbocycles. The van der Waals surface area contributed by atoms with Gasteiger partial charge in [0.05, 0.1) is 0 Å². The highest BCUT2D eigenvalue weighted by molar-refractivity contribution is 4.96. The normalized spacial score (nSPS) is 27.6. The zero-order chi connectivity index (χ0) is 12.1. The molecule has 0 N–H and O–H groups in total. The predicted molar refractivity (Wildman–Crippen MR) is 63.0 cm³/mol. The smallest absolute Gasteiger partial charge is 0.274 e. The lowest BCUT2D eigenvalue weighted by atomic mass is 9.91. The molecule has 0 atom stereocenters. The highest BCUT2D eigenvalue weighted by Crippen LogP contribution is 2.32. The van der Waals surface area contributed by atoms with E-state index in [-0.39, 0.29) is 5.41 Å². The molecule has 2 fully saturated rings. The molecular weight excluding hydrogens is 220 g/mol. The fraction of sp³-hybridized carbons (Fsp3) is 0.692. The van der Waals surface area contributed by atoms with Crippen molar-refractivity contribution >= 4 is 0 Å². The van der Waals surface area contributed by atoms with Gasteiger partial charge in [0.25, 0.3) is 11.9 Å². The molecule has 1 spiro atoms. The topological polar surface area (TPSA) is 36.9 Å². The highest BCUT2D eigenvalue weighted by Gasteiger charge is 2.41. The van der Waals surface area contributed by atoms with Gasteiger partial charge >= 0.3 is 0 Å². The molecule has 0 amide bonds. The van der Waals surface area contributed by atoms with Gasteiger partial charge in [-0.25, -0.2) is 0 Å². The molecule has 0 aromatic rings. The maximum absolute atomic E-state index is 5.57. The van der Waals surface area contributed by atoms with Gasteiger partial charge in [-0.1, -0.05) is 13.8 Å². The SMILES string of the molecule is CCC=C1OCC2(CO1)COC(=CCC)OC2. The van der Waals surface area contributed by atoms with Crippen molar-refractivity contribution in [3.05, 3.63) is 24.0 Å². The van der Waals surface area contributed by atoms with Gasteiger partial charge in [-0.2, -0.15) is 0 Å². The summed E-state index contributed by atoms with van der Waals surface area (Å²) in [6, 6.07) is 0. The van der Waals surface area contributed by atoms with Crippen LogP contribution in [0.3, 0.4) is 0 Å². The first-order valence-corrected chi connectivity index (χ1v) is 6.19. The van der Waals surface area contributed by atoms with Crippen LogP contribution in [0.4, 0.5) is 0 Å². The van der Waals surface area contributed by atoms with Crippen LogP contribution < -0.4 is 0 Å². The van der Waals surface area contributed by atoms with E-state index in [4.69, 9.17) is 18.9 Å². The standard InChI is InChI=1S/C13H20O4/c1-3-5-11-14-7-13(8-15-11)9-16-12(6-4-2)17-10-13/h5-6H,3-4,7-10H2,1-2H3. The lowest BCUT2D eigenvalue weighted by molar-refractivity contribution is -0.185. The van der Waals surface area contributed by atoms with Gasteiger partial charge in [-0.3, -0.25) is 0 Å². The van der Waals surface area contributed by atoms with Crippen LogP contribution >= 0.6 is 0 Å². The third-order valence-electron chi connectivity index (χ3n) is 2.82. The molecule has 2 aliphatic rings. The minimum Gasteiger partial charge on any atom is -0.465 e. The summed E-state index contributed by atoms with van der Waals surface area (Å²) >= 11 is 0. The van der Waals surface area contributed by atoms with Crippen LogP contribution in [0.2, 0.25) is 0 Å². The number of rotatable bonds is 2. The molecule has 2 heterocycles. The monoisotopic (exact) mass is 240 g/mol. The second-order valence-corrected chi connectivity index (χ2v) is 4.52. The van der Waals surface area contributed by atoms with Crippen LogP contribution in [-0.2, 0) is 18.9 Å². The van der Waals surface area contributed by atoms with Crippen LogP contribution in [0.1, 0.15) is 26.7 Å². The average molecular weight is 240 g/mol. The summed E-state index contributed by atoms with van der Waals surface area (Å²) in [7, 11) is 0. The summed E-state index contributed by atoms with van der Waals surface area (Å²) in [5.74, 6) is 1.26. The molecule has 0 bridgehead atoms. The molecule has 2 saturated heterocycles. The van der Waals surface area contributed by atoms with E-state index in [1.165, 1.54) is 0 Å². The number of hydrogen-bond acceptors (Lipinski definition) is 4. The van der Waals surface area contributed by atoms with Gasteiger partial charge < -0.3 is 18.9 Å². The first-order chi connectivity index (χ1) is 8.28. The molecular formula is C13H20O4. The van der Waals surface area contributed by atoms with Crippen molar-refractivity contribution in [3.63, 3.8) is 0 Å². The Morgan fingerprint density at radius 2 is 1.18 bits per heavy atom. The van der Waals surface area contributed by atoms with Crippen LogP contribution in [0.15, 0.2) is 24.0 Å². The molecule has 0 aromatic heterocycles. The second-order valence-electron chi connectivity index (χ2n) is 4.52. The molecule has 0 aromatic carbocycles. The summed E-state index contributed by atoms with van der Waals surface area (Å²) in [5, 5.41) is 0. The van der Waals surface area contributed by atoms with Crippen molar-refractivity contribution in [2.75, 3.05) is 26.4 Å². The Hall–Kier alpha value is -1.32. The van der Waals surface area contributed by atoms with Crippen molar-refractivity contribution in [2.24, 2.45) is 5.41 Å². The van der Waals surface area contributed by atoms with Crippen molar-refractivity contribution in [1.82, 2.24) is 0 Å². The molecule has 2 aliphatic heterocycles. The van der Waals surface area contributed by atoms with E-state index in [9.17, 15) is 0 Å². The average Bonchev–Trinajstić information content (AvgIpc) is 2.36. The Kier molecular flexibility index (Phi) is 3.82. The minimum atomic E-state index is -0.157. The highest BCUT2D eigenvalue weighted by atomic mass is 16.7. The summed E-state index contributed by atoms with van der Waals surface area (Å²) < 4.78 is 22.3. The van der Waals surface area contributed by atoms with E-state index in [0.29, 0.717) is 38.3 Å². The van der Waals surface area contributed by atoms with Crippen molar-refractivity contribution in [3.8, 4) is 0 Å². The second kappa shape index (κ2) is 5.34. The zero-order valence-corrected chi connectivity index (χ0v) is 10.5. The molecule has 4 nitrogen and oxygen atoms in total. The van der Waals surface area contributed by atoms with E-state index in [1.54, 1.807) is 0 Å². The third-order valence-corrected chi connectivity index (χ3v) is 2.82. The quantitative estimate of drug-likeness (QED) is 0.743. The molecule has 2 rings (SSSR count). The molecule has 0 radical (unpaired) electrons. The Balaban J connectivity index is 1.88. The fourth-order valence-corrected chi connectivity index (χ4v) is 1.80. The van der Waals surface area contributed by atoms with E-state index < -0.39 is 0 Å². The molecule has 0 aliphatic carbocycles.